The number of anilines is 2. The minimum absolute atomic E-state index is 0.00613. The zero-order chi connectivity index (χ0) is 14.3. The van der Waals surface area contributed by atoms with E-state index in [-0.39, 0.29) is 12.3 Å². The molecule has 0 unspecified atom stereocenters. The van der Waals surface area contributed by atoms with Gasteiger partial charge in [-0.2, -0.15) is 4.98 Å². The first-order chi connectivity index (χ1) is 8.98. The Morgan fingerprint density at radius 1 is 1.26 bits per heavy atom. The Morgan fingerprint density at radius 3 is 2.63 bits per heavy atom. The van der Waals surface area contributed by atoms with E-state index in [9.17, 15) is 8.42 Å². The summed E-state index contributed by atoms with van der Waals surface area (Å²) >= 11 is 3.31. The van der Waals surface area contributed by atoms with Crippen molar-refractivity contribution in [2.24, 2.45) is 0 Å². The molecule has 7 nitrogen and oxygen atoms in total. The summed E-state index contributed by atoms with van der Waals surface area (Å²) < 4.78 is 26.1. The first-order valence-electron chi connectivity index (χ1n) is 5.96. The molecule has 0 aliphatic heterocycles. The van der Waals surface area contributed by atoms with Crippen molar-refractivity contribution in [3.63, 3.8) is 0 Å². The number of aromatic nitrogens is 2. The molecule has 0 aromatic carbocycles. The molecule has 1 heterocycles. The SMILES string of the molecule is CCNc1ncc(Br)c(NCCS(=O)(=O)NCC)n1. The lowest BCUT2D eigenvalue weighted by Gasteiger charge is -2.09. The van der Waals surface area contributed by atoms with Gasteiger partial charge >= 0.3 is 0 Å². The number of sulfonamides is 1. The van der Waals surface area contributed by atoms with E-state index in [2.05, 4.69) is 41.3 Å². The molecule has 0 bridgehead atoms. The molecule has 108 valence electrons. The Balaban J connectivity index is 2.60. The second-order valence-electron chi connectivity index (χ2n) is 3.66. The monoisotopic (exact) mass is 351 g/mol. The largest absolute Gasteiger partial charge is 0.368 e. The lowest BCUT2D eigenvalue weighted by atomic mass is 10.5. The molecule has 1 rings (SSSR count). The van der Waals surface area contributed by atoms with Gasteiger partial charge in [0.15, 0.2) is 0 Å². The molecular formula is C10H18BrN5O2S. The molecule has 0 saturated heterocycles. The molecule has 0 atom stereocenters. The van der Waals surface area contributed by atoms with E-state index in [0.717, 1.165) is 6.54 Å². The third kappa shape index (κ3) is 5.70. The Labute approximate surface area is 121 Å². The highest BCUT2D eigenvalue weighted by Gasteiger charge is 2.09. The predicted molar refractivity (Wildman–Crippen MR) is 79.8 cm³/mol. The molecule has 0 aliphatic carbocycles. The molecule has 0 radical (unpaired) electrons. The average molecular weight is 352 g/mol. The summed E-state index contributed by atoms with van der Waals surface area (Å²) in [6, 6.07) is 0. The smallest absolute Gasteiger partial charge is 0.224 e. The summed E-state index contributed by atoms with van der Waals surface area (Å²) in [5.74, 6) is 1.06. The van der Waals surface area contributed by atoms with Crippen molar-refractivity contribution in [1.82, 2.24) is 14.7 Å². The summed E-state index contributed by atoms with van der Waals surface area (Å²) in [5.41, 5.74) is 0. The number of halogens is 1. The van der Waals surface area contributed by atoms with Gasteiger partial charge in [0, 0.05) is 25.8 Å². The third-order valence-electron chi connectivity index (χ3n) is 2.11. The maximum Gasteiger partial charge on any atom is 0.224 e. The first kappa shape index (κ1) is 16.1. The molecular weight excluding hydrogens is 334 g/mol. The van der Waals surface area contributed by atoms with E-state index < -0.39 is 10.0 Å². The van der Waals surface area contributed by atoms with Crippen molar-refractivity contribution in [3.8, 4) is 0 Å². The van der Waals surface area contributed by atoms with Gasteiger partial charge in [0.1, 0.15) is 5.82 Å². The fraction of sp³-hybridized carbons (Fsp3) is 0.600. The van der Waals surface area contributed by atoms with Gasteiger partial charge < -0.3 is 10.6 Å². The second kappa shape index (κ2) is 7.61. The molecule has 3 N–H and O–H groups in total. The van der Waals surface area contributed by atoms with E-state index in [4.69, 9.17) is 0 Å². The van der Waals surface area contributed by atoms with Gasteiger partial charge in [0.25, 0.3) is 0 Å². The van der Waals surface area contributed by atoms with Crippen molar-refractivity contribution < 1.29 is 8.42 Å². The van der Waals surface area contributed by atoms with Crippen LogP contribution in [0.3, 0.4) is 0 Å². The highest BCUT2D eigenvalue weighted by molar-refractivity contribution is 9.10. The lowest BCUT2D eigenvalue weighted by molar-refractivity contribution is 0.584. The Bertz CT molecular complexity index is 509. The van der Waals surface area contributed by atoms with E-state index >= 15 is 0 Å². The lowest BCUT2D eigenvalue weighted by Crippen LogP contribution is -2.29. The Kier molecular flexibility index (Phi) is 6.46. The normalized spacial score (nSPS) is 11.3. The highest BCUT2D eigenvalue weighted by Crippen LogP contribution is 2.19. The van der Waals surface area contributed by atoms with Crippen LogP contribution >= 0.6 is 15.9 Å². The molecule has 19 heavy (non-hydrogen) atoms. The summed E-state index contributed by atoms with van der Waals surface area (Å²) in [5, 5.41) is 5.96. The van der Waals surface area contributed by atoms with Crippen molar-refractivity contribution in [2.45, 2.75) is 13.8 Å². The van der Waals surface area contributed by atoms with Gasteiger partial charge in [0.2, 0.25) is 16.0 Å². The standard InChI is InChI=1S/C10H18BrN5O2S/c1-3-12-10-14-7-8(11)9(16-10)13-5-6-19(17,18)15-4-2/h7,15H,3-6H2,1-2H3,(H2,12,13,14,16). The molecule has 0 amide bonds. The number of rotatable bonds is 8. The quantitative estimate of drug-likeness (QED) is 0.647. The average Bonchev–Trinajstić information content (AvgIpc) is 2.33. The van der Waals surface area contributed by atoms with Gasteiger partial charge in [0.05, 0.1) is 10.2 Å². The zero-order valence-corrected chi connectivity index (χ0v) is 13.3. The summed E-state index contributed by atoms with van der Waals surface area (Å²) in [4.78, 5) is 8.31. The van der Waals surface area contributed by atoms with Gasteiger partial charge in [-0.25, -0.2) is 18.1 Å². The summed E-state index contributed by atoms with van der Waals surface area (Å²) in [7, 11) is -3.22. The van der Waals surface area contributed by atoms with Crippen LogP contribution < -0.4 is 15.4 Å². The molecule has 0 spiro atoms. The van der Waals surface area contributed by atoms with E-state index in [1.54, 1.807) is 13.1 Å². The van der Waals surface area contributed by atoms with Crippen LogP contribution in [0.2, 0.25) is 0 Å². The van der Waals surface area contributed by atoms with E-state index in [0.29, 0.717) is 22.8 Å². The van der Waals surface area contributed by atoms with Crippen molar-refractivity contribution in [3.05, 3.63) is 10.7 Å². The van der Waals surface area contributed by atoms with Crippen LogP contribution in [0.1, 0.15) is 13.8 Å². The number of hydrogen-bond acceptors (Lipinski definition) is 6. The maximum atomic E-state index is 11.5. The van der Waals surface area contributed by atoms with Crippen LogP contribution in [-0.4, -0.2) is 43.8 Å². The summed E-state index contributed by atoms with van der Waals surface area (Å²) in [6.07, 6.45) is 1.62. The highest BCUT2D eigenvalue weighted by atomic mass is 79.9. The molecule has 9 heteroatoms. The third-order valence-corrected chi connectivity index (χ3v) is 4.16. The van der Waals surface area contributed by atoms with Crippen LogP contribution in [-0.2, 0) is 10.0 Å². The number of nitrogens with one attached hydrogen (secondary N) is 3. The van der Waals surface area contributed by atoms with Crippen LogP contribution in [0.25, 0.3) is 0 Å². The minimum atomic E-state index is -3.22. The van der Waals surface area contributed by atoms with E-state index in [1.807, 2.05) is 6.92 Å². The molecule has 1 aromatic heterocycles. The van der Waals surface area contributed by atoms with Crippen molar-refractivity contribution in [2.75, 3.05) is 36.0 Å². The fourth-order valence-corrected chi connectivity index (χ4v) is 2.62. The van der Waals surface area contributed by atoms with Crippen LogP contribution in [0.5, 0.6) is 0 Å². The topological polar surface area (TPSA) is 96.0 Å². The Hall–Kier alpha value is -0.930. The Morgan fingerprint density at radius 2 is 2.00 bits per heavy atom. The predicted octanol–water partition coefficient (Wildman–Crippen LogP) is 1.02. The minimum Gasteiger partial charge on any atom is -0.368 e. The van der Waals surface area contributed by atoms with Crippen molar-refractivity contribution >= 4 is 37.7 Å². The van der Waals surface area contributed by atoms with Gasteiger partial charge in [-0.1, -0.05) is 6.92 Å². The fourth-order valence-electron chi connectivity index (χ4n) is 1.33. The molecule has 0 fully saturated rings. The van der Waals surface area contributed by atoms with Crippen LogP contribution in [0.15, 0.2) is 10.7 Å². The first-order valence-corrected chi connectivity index (χ1v) is 8.40. The van der Waals surface area contributed by atoms with Crippen LogP contribution in [0, 0.1) is 0 Å². The van der Waals surface area contributed by atoms with Crippen molar-refractivity contribution in [1.29, 1.82) is 0 Å². The van der Waals surface area contributed by atoms with Gasteiger partial charge in [-0.15, -0.1) is 0 Å². The molecule has 1 aromatic rings. The van der Waals surface area contributed by atoms with E-state index in [1.165, 1.54) is 0 Å². The molecule has 0 saturated carbocycles. The number of nitrogens with zero attached hydrogens (tertiary/aromatic N) is 2. The second-order valence-corrected chi connectivity index (χ2v) is 6.44. The number of hydrogen-bond donors (Lipinski definition) is 3. The maximum absolute atomic E-state index is 11.5. The summed E-state index contributed by atoms with van der Waals surface area (Å²) in [6.45, 7) is 5.08. The zero-order valence-electron chi connectivity index (χ0n) is 10.9. The van der Waals surface area contributed by atoms with Gasteiger partial charge in [-0.3, -0.25) is 0 Å². The molecule has 0 aliphatic rings. The van der Waals surface area contributed by atoms with Gasteiger partial charge in [-0.05, 0) is 22.9 Å². The van der Waals surface area contributed by atoms with Crippen LogP contribution in [0.4, 0.5) is 11.8 Å².